The molecule has 96 valence electrons. The van der Waals surface area contributed by atoms with Crippen LogP contribution in [0, 0.1) is 31.0 Å². The maximum absolute atomic E-state index is 13.2. The van der Waals surface area contributed by atoms with Gasteiger partial charge in [-0.05, 0) is 54.8 Å². The van der Waals surface area contributed by atoms with Crippen LogP contribution in [0.5, 0.6) is 0 Å². The number of nitriles is 1. The van der Waals surface area contributed by atoms with Crippen molar-refractivity contribution in [1.29, 1.82) is 5.26 Å². The van der Waals surface area contributed by atoms with Crippen LogP contribution < -0.4 is 0 Å². The van der Waals surface area contributed by atoms with Crippen molar-refractivity contribution >= 4 is 11.8 Å². The van der Waals surface area contributed by atoms with Crippen LogP contribution in [0.2, 0.25) is 0 Å². The van der Waals surface area contributed by atoms with Gasteiger partial charge in [0.05, 0.1) is 5.56 Å². The van der Waals surface area contributed by atoms with Crippen molar-refractivity contribution < 1.29 is 4.39 Å². The first kappa shape index (κ1) is 13.6. The minimum Gasteiger partial charge on any atom is -0.206 e. The Bertz CT molecular complexity index is 644. The number of benzene rings is 2. The Morgan fingerprint density at radius 1 is 1.11 bits per heavy atom. The molecule has 2 aromatic carbocycles. The number of rotatable bonds is 3. The Labute approximate surface area is 117 Å². The summed E-state index contributed by atoms with van der Waals surface area (Å²) >= 11 is 1.69. The lowest BCUT2D eigenvalue weighted by molar-refractivity contribution is 0.623. The van der Waals surface area contributed by atoms with Crippen molar-refractivity contribution in [2.24, 2.45) is 0 Å². The van der Waals surface area contributed by atoms with Crippen molar-refractivity contribution in [3.05, 3.63) is 64.5 Å². The van der Waals surface area contributed by atoms with Crippen molar-refractivity contribution in [3.63, 3.8) is 0 Å². The van der Waals surface area contributed by atoms with Gasteiger partial charge in [-0.25, -0.2) is 4.39 Å². The normalized spacial score (nSPS) is 10.2. The topological polar surface area (TPSA) is 23.8 Å². The molecule has 2 aromatic rings. The van der Waals surface area contributed by atoms with E-state index in [9.17, 15) is 4.39 Å². The summed E-state index contributed by atoms with van der Waals surface area (Å²) in [4.78, 5) is 1.19. The molecule has 0 aliphatic carbocycles. The molecular weight excluding hydrogens is 257 g/mol. The second kappa shape index (κ2) is 5.90. The van der Waals surface area contributed by atoms with E-state index >= 15 is 0 Å². The van der Waals surface area contributed by atoms with Gasteiger partial charge in [0.25, 0.3) is 0 Å². The summed E-state index contributed by atoms with van der Waals surface area (Å²) in [6.45, 7) is 4.17. The van der Waals surface area contributed by atoms with Crippen LogP contribution in [0.1, 0.15) is 22.3 Å². The van der Waals surface area contributed by atoms with Crippen LogP contribution in [0.15, 0.2) is 41.3 Å². The fourth-order valence-corrected chi connectivity index (χ4v) is 2.66. The maximum atomic E-state index is 13.2. The lowest BCUT2D eigenvalue weighted by Crippen LogP contribution is -1.88. The van der Waals surface area contributed by atoms with Crippen molar-refractivity contribution in [1.82, 2.24) is 0 Å². The largest absolute Gasteiger partial charge is 0.206 e. The molecule has 3 heteroatoms. The minimum absolute atomic E-state index is 0.109. The first-order chi connectivity index (χ1) is 9.10. The number of hydrogen-bond donors (Lipinski definition) is 0. The van der Waals surface area contributed by atoms with Gasteiger partial charge < -0.3 is 0 Å². The molecular formula is C16H14FNS. The molecule has 0 saturated heterocycles. The van der Waals surface area contributed by atoms with Crippen molar-refractivity contribution in [2.75, 3.05) is 0 Å². The Kier molecular flexibility index (Phi) is 4.24. The molecule has 1 nitrogen and oxygen atoms in total. The highest BCUT2D eigenvalue weighted by molar-refractivity contribution is 7.98. The number of thioether (sulfide) groups is 1. The SMILES string of the molecule is Cc1ccc(SCc2ccc(F)c(C#N)c2)cc1C. The van der Waals surface area contributed by atoms with E-state index in [0.29, 0.717) is 0 Å². The quantitative estimate of drug-likeness (QED) is 0.761. The second-order valence-electron chi connectivity index (χ2n) is 4.46. The van der Waals surface area contributed by atoms with Crippen LogP contribution in [-0.2, 0) is 5.75 Å². The first-order valence-electron chi connectivity index (χ1n) is 5.99. The predicted molar refractivity (Wildman–Crippen MR) is 76.6 cm³/mol. The zero-order valence-electron chi connectivity index (χ0n) is 10.9. The standard InChI is InChI=1S/C16H14FNS/c1-11-3-5-15(7-12(11)2)19-10-13-4-6-16(17)14(8-13)9-18/h3-8H,10H2,1-2H3. The zero-order chi connectivity index (χ0) is 13.8. The molecule has 0 heterocycles. The molecule has 0 radical (unpaired) electrons. The minimum atomic E-state index is -0.456. The molecule has 0 amide bonds. The molecule has 0 spiro atoms. The van der Waals surface area contributed by atoms with E-state index in [4.69, 9.17) is 5.26 Å². The summed E-state index contributed by atoms with van der Waals surface area (Å²) in [6.07, 6.45) is 0. The summed E-state index contributed by atoms with van der Waals surface area (Å²) in [5.41, 5.74) is 3.61. The number of halogens is 1. The van der Waals surface area contributed by atoms with Gasteiger partial charge in [-0.1, -0.05) is 12.1 Å². The molecule has 0 fully saturated rings. The highest BCUT2D eigenvalue weighted by Crippen LogP contribution is 2.25. The van der Waals surface area contributed by atoms with E-state index < -0.39 is 5.82 Å². The van der Waals surface area contributed by atoms with Crippen LogP contribution >= 0.6 is 11.8 Å². The molecule has 0 aliphatic rings. The zero-order valence-corrected chi connectivity index (χ0v) is 11.7. The highest BCUT2D eigenvalue weighted by Gasteiger charge is 2.04. The molecule has 0 aromatic heterocycles. The molecule has 0 atom stereocenters. The van der Waals surface area contributed by atoms with Gasteiger partial charge in [-0.15, -0.1) is 11.8 Å². The molecule has 19 heavy (non-hydrogen) atoms. The van der Waals surface area contributed by atoms with Crippen molar-refractivity contribution in [3.8, 4) is 6.07 Å². The van der Waals surface area contributed by atoms with Crippen LogP contribution in [-0.4, -0.2) is 0 Å². The third kappa shape index (κ3) is 3.36. The van der Waals surface area contributed by atoms with E-state index in [1.165, 1.54) is 22.1 Å². The third-order valence-electron chi connectivity index (χ3n) is 3.04. The fraction of sp³-hybridized carbons (Fsp3) is 0.188. The lowest BCUT2D eigenvalue weighted by Gasteiger charge is -2.06. The average molecular weight is 271 g/mol. The smallest absolute Gasteiger partial charge is 0.140 e. The Hall–Kier alpha value is -1.79. The number of aryl methyl sites for hydroxylation is 2. The number of nitrogens with zero attached hydrogens (tertiary/aromatic N) is 1. The average Bonchev–Trinajstić information content (AvgIpc) is 2.41. The van der Waals surface area contributed by atoms with E-state index in [-0.39, 0.29) is 5.56 Å². The van der Waals surface area contributed by atoms with Gasteiger partial charge >= 0.3 is 0 Å². The summed E-state index contributed by atoms with van der Waals surface area (Å²) in [7, 11) is 0. The van der Waals surface area contributed by atoms with Gasteiger partial charge in [0.1, 0.15) is 11.9 Å². The van der Waals surface area contributed by atoms with E-state index in [0.717, 1.165) is 11.3 Å². The van der Waals surface area contributed by atoms with Gasteiger partial charge in [0.2, 0.25) is 0 Å². The number of hydrogen-bond acceptors (Lipinski definition) is 2. The second-order valence-corrected chi connectivity index (χ2v) is 5.51. The molecule has 0 unspecified atom stereocenters. The molecule has 0 bridgehead atoms. The summed E-state index contributed by atoms with van der Waals surface area (Å²) in [6, 6.07) is 12.9. The van der Waals surface area contributed by atoms with Crippen LogP contribution in [0.3, 0.4) is 0 Å². The predicted octanol–water partition coefficient (Wildman–Crippen LogP) is 4.61. The molecule has 0 N–H and O–H groups in total. The maximum Gasteiger partial charge on any atom is 0.140 e. The fourth-order valence-electron chi connectivity index (χ4n) is 1.72. The van der Waals surface area contributed by atoms with Gasteiger partial charge in [0.15, 0.2) is 0 Å². The van der Waals surface area contributed by atoms with Gasteiger partial charge in [0, 0.05) is 10.6 Å². The summed E-state index contributed by atoms with van der Waals surface area (Å²) < 4.78 is 13.2. The lowest BCUT2D eigenvalue weighted by atomic mass is 10.1. The molecule has 0 aliphatic heterocycles. The van der Waals surface area contributed by atoms with Crippen LogP contribution in [0.25, 0.3) is 0 Å². The van der Waals surface area contributed by atoms with Gasteiger partial charge in [-0.3, -0.25) is 0 Å². The van der Waals surface area contributed by atoms with E-state index in [2.05, 4.69) is 32.0 Å². The van der Waals surface area contributed by atoms with E-state index in [1.807, 2.05) is 6.07 Å². The Morgan fingerprint density at radius 2 is 1.89 bits per heavy atom. The third-order valence-corrected chi connectivity index (χ3v) is 4.10. The summed E-state index contributed by atoms with van der Waals surface area (Å²) in [5, 5.41) is 8.80. The molecule has 0 saturated carbocycles. The van der Waals surface area contributed by atoms with Gasteiger partial charge in [-0.2, -0.15) is 5.26 Å². The highest BCUT2D eigenvalue weighted by atomic mass is 32.2. The first-order valence-corrected chi connectivity index (χ1v) is 6.97. The van der Waals surface area contributed by atoms with Crippen LogP contribution in [0.4, 0.5) is 4.39 Å². The monoisotopic (exact) mass is 271 g/mol. The molecule has 2 rings (SSSR count). The van der Waals surface area contributed by atoms with E-state index in [1.54, 1.807) is 23.9 Å². The Balaban J connectivity index is 2.10. The summed E-state index contributed by atoms with van der Waals surface area (Å²) in [5.74, 6) is 0.278. The Morgan fingerprint density at radius 3 is 2.58 bits per heavy atom. The van der Waals surface area contributed by atoms with Crippen molar-refractivity contribution in [2.45, 2.75) is 24.5 Å².